The van der Waals surface area contributed by atoms with Crippen molar-refractivity contribution >= 4 is 15.9 Å². The molecule has 90 valence electrons. The molecule has 0 saturated heterocycles. The van der Waals surface area contributed by atoms with Gasteiger partial charge < -0.3 is 5.73 Å². The van der Waals surface area contributed by atoms with Crippen LogP contribution in [0.4, 0.5) is 0 Å². The fourth-order valence-electron chi connectivity index (χ4n) is 1.81. The molecule has 0 radical (unpaired) electrons. The van der Waals surface area contributed by atoms with E-state index in [0.29, 0.717) is 12.5 Å². The van der Waals surface area contributed by atoms with E-state index in [1.165, 1.54) is 5.56 Å². The van der Waals surface area contributed by atoms with Gasteiger partial charge in [0.15, 0.2) is 0 Å². The molecule has 1 aromatic heterocycles. The van der Waals surface area contributed by atoms with Crippen molar-refractivity contribution in [3.63, 3.8) is 0 Å². The summed E-state index contributed by atoms with van der Waals surface area (Å²) < 4.78 is 2.79. The summed E-state index contributed by atoms with van der Waals surface area (Å²) in [5, 5.41) is 8.02. The highest BCUT2D eigenvalue weighted by Gasteiger charge is 2.12. The summed E-state index contributed by atoms with van der Waals surface area (Å²) in [5.41, 5.74) is 8.05. The van der Waals surface area contributed by atoms with Crippen molar-refractivity contribution in [1.82, 2.24) is 15.0 Å². The number of hydrogen-bond donors (Lipinski definition) is 1. The van der Waals surface area contributed by atoms with Gasteiger partial charge in [0, 0.05) is 30.1 Å². The molecule has 0 bridgehead atoms. The molecule has 0 amide bonds. The number of halogens is 1. The van der Waals surface area contributed by atoms with Gasteiger partial charge in [0.2, 0.25) is 0 Å². The van der Waals surface area contributed by atoms with Gasteiger partial charge in [-0.25, -0.2) is 0 Å². The molecule has 1 heterocycles. The Hall–Kier alpha value is -1.20. The van der Waals surface area contributed by atoms with Crippen LogP contribution in [0.3, 0.4) is 0 Å². The second-order valence-electron chi connectivity index (χ2n) is 4.07. The number of aromatic nitrogens is 3. The van der Waals surface area contributed by atoms with Crippen molar-refractivity contribution in [2.45, 2.75) is 12.3 Å². The van der Waals surface area contributed by atoms with Crippen LogP contribution in [-0.2, 0) is 13.5 Å². The SMILES string of the molecule is Cn1cc(CC(CN)c2ccc(Br)cc2)nn1. The molecule has 1 atom stereocenters. The molecule has 0 saturated carbocycles. The molecule has 0 aliphatic carbocycles. The van der Waals surface area contributed by atoms with Crippen molar-refractivity contribution in [1.29, 1.82) is 0 Å². The molecule has 1 unspecified atom stereocenters. The number of nitrogens with zero attached hydrogens (tertiary/aromatic N) is 3. The van der Waals surface area contributed by atoms with E-state index in [9.17, 15) is 0 Å². The Balaban J connectivity index is 2.13. The lowest BCUT2D eigenvalue weighted by Crippen LogP contribution is -2.15. The molecular weight excluding hydrogens is 280 g/mol. The monoisotopic (exact) mass is 294 g/mol. The highest BCUT2D eigenvalue weighted by molar-refractivity contribution is 9.10. The van der Waals surface area contributed by atoms with Crippen LogP contribution in [-0.4, -0.2) is 21.5 Å². The summed E-state index contributed by atoms with van der Waals surface area (Å²) in [7, 11) is 1.87. The minimum absolute atomic E-state index is 0.291. The molecule has 0 fully saturated rings. The Morgan fingerprint density at radius 1 is 1.35 bits per heavy atom. The van der Waals surface area contributed by atoms with Crippen LogP contribution in [0, 0.1) is 0 Å². The van der Waals surface area contributed by atoms with E-state index in [2.05, 4.69) is 38.4 Å². The van der Waals surface area contributed by atoms with Gasteiger partial charge in [0.05, 0.1) is 5.69 Å². The molecule has 0 aliphatic rings. The zero-order valence-corrected chi connectivity index (χ0v) is 11.3. The first kappa shape index (κ1) is 12.3. The molecule has 17 heavy (non-hydrogen) atoms. The minimum Gasteiger partial charge on any atom is -0.330 e. The lowest BCUT2D eigenvalue weighted by molar-refractivity contribution is 0.676. The van der Waals surface area contributed by atoms with Gasteiger partial charge in [-0.3, -0.25) is 4.68 Å². The third-order valence-electron chi connectivity index (χ3n) is 2.73. The number of hydrogen-bond acceptors (Lipinski definition) is 3. The fourth-order valence-corrected chi connectivity index (χ4v) is 2.08. The topological polar surface area (TPSA) is 56.7 Å². The van der Waals surface area contributed by atoms with Crippen LogP contribution in [0.15, 0.2) is 34.9 Å². The van der Waals surface area contributed by atoms with Gasteiger partial charge in [-0.1, -0.05) is 33.3 Å². The number of nitrogens with two attached hydrogens (primary N) is 1. The summed E-state index contributed by atoms with van der Waals surface area (Å²) in [6.07, 6.45) is 2.76. The molecule has 0 aliphatic heterocycles. The molecular formula is C12H15BrN4. The van der Waals surface area contributed by atoms with E-state index < -0.39 is 0 Å². The Labute approximate surface area is 109 Å². The standard InChI is InChI=1S/C12H15BrN4/c1-17-8-12(15-16-17)6-10(7-14)9-2-4-11(13)5-3-9/h2-5,8,10H,6-7,14H2,1H3. The quantitative estimate of drug-likeness (QED) is 0.936. The number of benzene rings is 1. The average Bonchev–Trinajstić information content (AvgIpc) is 2.73. The van der Waals surface area contributed by atoms with E-state index in [1.807, 2.05) is 25.4 Å². The van der Waals surface area contributed by atoms with Crippen molar-refractivity contribution in [2.24, 2.45) is 12.8 Å². The summed E-state index contributed by atoms with van der Waals surface area (Å²) in [6, 6.07) is 8.26. The second kappa shape index (κ2) is 5.42. The molecule has 2 N–H and O–H groups in total. The molecule has 2 rings (SSSR count). The van der Waals surface area contributed by atoms with Crippen molar-refractivity contribution in [3.05, 3.63) is 46.2 Å². The highest BCUT2D eigenvalue weighted by atomic mass is 79.9. The van der Waals surface area contributed by atoms with E-state index >= 15 is 0 Å². The fraction of sp³-hybridized carbons (Fsp3) is 0.333. The van der Waals surface area contributed by atoms with Gasteiger partial charge in [-0.15, -0.1) is 5.10 Å². The molecule has 4 nitrogen and oxygen atoms in total. The lowest BCUT2D eigenvalue weighted by Gasteiger charge is -2.13. The Bertz CT molecular complexity index is 478. The van der Waals surface area contributed by atoms with E-state index in [-0.39, 0.29) is 0 Å². The molecule has 0 spiro atoms. The zero-order chi connectivity index (χ0) is 12.3. The Morgan fingerprint density at radius 2 is 2.06 bits per heavy atom. The normalized spacial score (nSPS) is 12.6. The summed E-state index contributed by atoms with van der Waals surface area (Å²) in [6.45, 7) is 0.609. The maximum absolute atomic E-state index is 5.83. The lowest BCUT2D eigenvalue weighted by atomic mass is 9.95. The van der Waals surface area contributed by atoms with E-state index in [4.69, 9.17) is 5.73 Å². The van der Waals surface area contributed by atoms with Gasteiger partial charge in [-0.05, 0) is 24.2 Å². The molecule has 2 aromatic rings. The van der Waals surface area contributed by atoms with E-state index in [1.54, 1.807) is 4.68 Å². The predicted octanol–water partition coefficient (Wildman–Crippen LogP) is 1.86. The number of aryl methyl sites for hydroxylation is 1. The van der Waals surface area contributed by atoms with Crippen LogP contribution in [0.1, 0.15) is 17.2 Å². The van der Waals surface area contributed by atoms with Crippen molar-refractivity contribution in [3.8, 4) is 0 Å². The van der Waals surface area contributed by atoms with Crippen LogP contribution in [0.5, 0.6) is 0 Å². The summed E-state index contributed by atoms with van der Waals surface area (Å²) >= 11 is 3.43. The van der Waals surface area contributed by atoms with Crippen LogP contribution in [0.25, 0.3) is 0 Å². The van der Waals surface area contributed by atoms with Crippen molar-refractivity contribution < 1.29 is 0 Å². The first-order chi connectivity index (χ1) is 8.19. The van der Waals surface area contributed by atoms with Gasteiger partial charge in [-0.2, -0.15) is 0 Å². The maximum atomic E-state index is 5.83. The van der Waals surface area contributed by atoms with Gasteiger partial charge in [0.1, 0.15) is 0 Å². The molecule has 1 aromatic carbocycles. The van der Waals surface area contributed by atoms with Crippen LogP contribution in [0.2, 0.25) is 0 Å². The summed E-state index contributed by atoms with van der Waals surface area (Å²) in [5.74, 6) is 0.291. The second-order valence-corrected chi connectivity index (χ2v) is 4.99. The molecule has 5 heteroatoms. The minimum atomic E-state index is 0.291. The third kappa shape index (κ3) is 3.14. The average molecular weight is 295 g/mol. The summed E-state index contributed by atoms with van der Waals surface area (Å²) in [4.78, 5) is 0. The van der Waals surface area contributed by atoms with Crippen LogP contribution < -0.4 is 5.73 Å². The van der Waals surface area contributed by atoms with Crippen LogP contribution >= 0.6 is 15.9 Å². The Morgan fingerprint density at radius 3 is 2.59 bits per heavy atom. The van der Waals surface area contributed by atoms with Gasteiger partial charge >= 0.3 is 0 Å². The predicted molar refractivity (Wildman–Crippen MR) is 70.6 cm³/mol. The smallest absolute Gasteiger partial charge is 0.0833 e. The Kier molecular flexibility index (Phi) is 3.91. The first-order valence-electron chi connectivity index (χ1n) is 5.50. The maximum Gasteiger partial charge on any atom is 0.0833 e. The van der Waals surface area contributed by atoms with E-state index in [0.717, 1.165) is 16.6 Å². The van der Waals surface area contributed by atoms with Crippen molar-refractivity contribution in [2.75, 3.05) is 6.54 Å². The largest absolute Gasteiger partial charge is 0.330 e. The third-order valence-corrected chi connectivity index (χ3v) is 3.26. The first-order valence-corrected chi connectivity index (χ1v) is 6.29. The highest BCUT2D eigenvalue weighted by Crippen LogP contribution is 2.21. The van der Waals surface area contributed by atoms with Gasteiger partial charge in [0.25, 0.3) is 0 Å². The zero-order valence-electron chi connectivity index (χ0n) is 9.68. The number of rotatable bonds is 4.